The van der Waals surface area contributed by atoms with Crippen molar-refractivity contribution in [2.75, 3.05) is 13.1 Å². The maximum Gasteiger partial charge on any atom is 0.0738 e. The van der Waals surface area contributed by atoms with Crippen molar-refractivity contribution >= 4 is 15.9 Å². The summed E-state index contributed by atoms with van der Waals surface area (Å²) in [6, 6.07) is 0. The third-order valence-electron chi connectivity index (χ3n) is 4.63. The van der Waals surface area contributed by atoms with Crippen molar-refractivity contribution in [3.8, 4) is 0 Å². The lowest BCUT2D eigenvalue weighted by atomic mass is 9.77. The first kappa shape index (κ1) is 16.0. The zero-order chi connectivity index (χ0) is 14.5. The number of halogens is 1. The van der Waals surface area contributed by atoms with Crippen LogP contribution in [0.4, 0.5) is 0 Å². The summed E-state index contributed by atoms with van der Waals surface area (Å²) in [5, 5.41) is 8.18. The Morgan fingerprint density at radius 1 is 1.25 bits per heavy atom. The van der Waals surface area contributed by atoms with Crippen molar-refractivity contribution in [1.29, 1.82) is 0 Å². The molecule has 4 heteroatoms. The second-order valence-corrected chi connectivity index (χ2v) is 6.77. The summed E-state index contributed by atoms with van der Waals surface area (Å²) in [6.45, 7) is 9.70. The monoisotopic (exact) mass is 341 g/mol. The van der Waals surface area contributed by atoms with E-state index in [1.165, 1.54) is 48.8 Å². The quantitative estimate of drug-likeness (QED) is 0.849. The van der Waals surface area contributed by atoms with Crippen LogP contribution in [0.1, 0.15) is 50.9 Å². The standard InChI is InChI=1S/C16H28BrN3/c1-4-18-11-14-9-7-6-8-13(14)10-15-16(17)12(3)19-20(15)5-2/h13-14,18H,4-11H2,1-3H3. The number of hydrogen-bond donors (Lipinski definition) is 1. The van der Waals surface area contributed by atoms with Crippen molar-refractivity contribution in [3.05, 3.63) is 15.9 Å². The van der Waals surface area contributed by atoms with E-state index in [-0.39, 0.29) is 0 Å². The molecule has 1 aromatic rings. The fourth-order valence-electron chi connectivity index (χ4n) is 3.46. The van der Waals surface area contributed by atoms with Crippen LogP contribution in [0.15, 0.2) is 4.47 Å². The molecule has 1 aliphatic rings. The average Bonchev–Trinajstić information content (AvgIpc) is 2.74. The van der Waals surface area contributed by atoms with Crippen molar-refractivity contribution in [1.82, 2.24) is 15.1 Å². The number of nitrogens with zero attached hydrogens (tertiary/aromatic N) is 2. The Morgan fingerprint density at radius 2 is 1.95 bits per heavy atom. The maximum atomic E-state index is 4.64. The van der Waals surface area contributed by atoms with Crippen LogP contribution in [0.3, 0.4) is 0 Å². The lowest BCUT2D eigenvalue weighted by Crippen LogP contribution is -2.32. The highest BCUT2D eigenvalue weighted by molar-refractivity contribution is 9.10. The van der Waals surface area contributed by atoms with Gasteiger partial charge in [0.1, 0.15) is 0 Å². The molecule has 20 heavy (non-hydrogen) atoms. The normalized spacial score (nSPS) is 23.2. The Bertz CT molecular complexity index is 428. The molecule has 2 rings (SSSR count). The van der Waals surface area contributed by atoms with Crippen LogP contribution < -0.4 is 5.32 Å². The average molecular weight is 342 g/mol. The van der Waals surface area contributed by atoms with Gasteiger partial charge in [0, 0.05) is 6.54 Å². The second kappa shape index (κ2) is 7.60. The zero-order valence-corrected chi connectivity index (χ0v) is 14.7. The third kappa shape index (κ3) is 3.64. The highest BCUT2D eigenvalue weighted by Crippen LogP contribution is 2.34. The molecule has 0 amide bonds. The summed E-state index contributed by atoms with van der Waals surface area (Å²) in [5.41, 5.74) is 2.53. The molecule has 0 spiro atoms. The fourth-order valence-corrected chi connectivity index (χ4v) is 3.91. The van der Waals surface area contributed by atoms with E-state index in [0.29, 0.717) is 0 Å². The van der Waals surface area contributed by atoms with E-state index < -0.39 is 0 Å². The maximum absolute atomic E-state index is 4.64. The SMILES string of the molecule is CCNCC1CCCCC1Cc1c(Br)c(C)nn1CC. The number of nitrogens with one attached hydrogen (secondary N) is 1. The van der Waals surface area contributed by atoms with Gasteiger partial charge in [0.25, 0.3) is 0 Å². The first-order chi connectivity index (χ1) is 9.67. The largest absolute Gasteiger partial charge is 0.317 e. The van der Waals surface area contributed by atoms with Gasteiger partial charge in [0.05, 0.1) is 15.9 Å². The van der Waals surface area contributed by atoms with Crippen molar-refractivity contribution in [2.45, 2.75) is 59.4 Å². The van der Waals surface area contributed by atoms with Crippen LogP contribution in [0.5, 0.6) is 0 Å². The van der Waals surface area contributed by atoms with Crippen molar-refractivity contribution < 1.29 is 0 Å². The Kier molecular flexibility index (Phi) is 6.09. The van der Waals surface area contributed by atoms with Crippen molar-refractivity contribution in [2.24, 2.45) is 11.8 Å². The van der Waals surface area contributed by atoms with E-state index in [2.05, 4.69) is 51.8 Å². The van der Waals surface area contributed by atoms with Gasteiger partial charge in [-0.3, -0.25) is 4.68 Å². The van der Waals surface area contributed by atoms with Gasteiger partial charge in [-0.05, 0) is 74.0 Å². The van der Waals surface area contributed by atoms with E-state index in [4.69, 9.17) is 0 Å². The van der Waals surface area contributed by atoms with Gasteiger partial charge in [-0.2, -0.15) is 5.10 Å². The molecule has 0 radical (unpaired) electrons. The molecule has 1 aliphatic carbocycles. The van der Waals surface area contributed by atoms with E-state index in [1.807, 2.05) is 0 Å². The molecule has 0 aliphatic heterocycles. The first-order valence-corrected chi connectivity index (χ1v) is 8.89. The number of hydrogen-bond acceptors (Lipinski definition) is 2. The van der Waals surface area contributed by atoms with Crippen LogP contribution >= 0.6 is 15.9 Å². The molecule has 0 bridgehead atoms. The summed E-state index contributed by atoms with van der Waals surface area (Å²) < 4.78 is 3.41. The lowest BCUT2D eigenvalue weighted by Gasteiger charge is -2.32. The molecule has 1 aromatic heterocycles. The fraction of sp³-hybridized carbons (Fsp3) is 0.812. The predicted molar refractivity (Wildman–Crippen MR) is 88.0 cm³/mol. The van der Waals surface area contributed by atoms with E-state index >= 15 is 0 Å². The Balaban J connectivity index is 2.10. The summed E-state index contributed by atoms with van der Waals surface area (Å²) in [5.74, 6) is 1.64. The number of aryl methyl sites for hydroxylation is 2. The summed E-state index contributed by atoms with van der Waals surface area (Å²) in [4.78, 5) is 0. The molecule has 1 heterocycles. The molecule has 3 nitrogen and oxygen atoms in total. The van der Waals surface area contributed by atoms with E-state index in [1.54, 1.807) is 0 Å². The van der Waals surface area contributed by atoms with Gasteiger partial charge < -0.3 is 5.32 Å². The van der Waals surface area contributed by atoms with Gasteiger partial charge in [-0.15, -0.1) is 0 Å². The molecule has 2 atom stereocenters. The van der Waals surface area contributed by atoms with Crippen LogP contribution in [0.25, 0.3) is 0 Å². The van der Waals surface area contributed by atoms with Crippen LogP contribution in [0.2, 0.25) is 0 Å². The molecule has 114 valence electrons. The lowest BCUT2D eigenvalue weighted by molar-refractivity contribution is 0.226. The zero-order valence-electron chi connectivity index (χ0n) is 13.1. The highest BCUT2D eigenvalue weighted by atomic mass is 79.9. The predicted octanol–water partition coefficient (Wildman–Crippen LogP) is 3.93. The van der Waals surface area contributed by atoms with Gasteiger partial charge in [-0.25, -0.2) is 0 Å². The summed E-state index contributed by atoms with van der Waals surface area (Å²) >= 11 is 3.74. The van der Waals surface area contributed by atoms with Gasteiger partial charge in [0.15, 0.2) is 0 Å². The minimum absolute atomic E-state index is 0.806. The van der Waals surface area contributed by atoms with E-state index in [9.17, 15) is 0 Å². The molecular weight excluding hydrogens is 314 g/mol. The van der Waals surface area contributed by atoms with Gasteiger partial charge in [-0.1, -0.05) is 19.8 Å². The first-order valence-electron chi connectivity index (χ1n) is 8.09. The Hall–Kier alpha value is -0.350. The van der Waals surface area contributed by atoms with Crippen molar-refractivity contribution in [3.63, 3.8) is 0 Å². The van der Waals surface area contributed by atoms with Crippen LogP contribution in [-0.4, -0.2) is 22.9 Å². The minimum Gasteiger partial charge on any atom is -0.317 e. The molecule has 1 N–H and O–H groups in total. The second-order valence-electron chi connectivity index (χ2n) is 5.98. The van der Waals surface area contributed by atoms with Gasteiger partial charge >= 0.3 is 0 Å². The smallest absolute Gasteiger partial charge is 0.0738 e. The number of rotatable bonds is 6. The minimum atomic E-state index is 0.806. The molecule has 1 fully saturated rings. The third-order valence-corrected chi connectivity index (χ3v) is 5.66. The Morgan fingerprint density at radius 3 is 2.60 bits per heavy atom. The van der Waals surface area contributed by atoms with Gasteiger partial charge in [0.2, 0.25) is 0 Å². The summed E-state index contributed by atoms with van der Waals surface area (Å²) in [7, 11) is 0. The number of aromatic nitrogens is 2. The van der Waals surface area contributed by atoms with E-state index in [0.717, 1.165) is 30.6 Å². The molecule has 2 unspecified atom stereocenters. The van der Waals surface area contributed by atoms with Crippen LogP contribution in [0, 0.1) is 18.8 Å². The molecule has 1 saturated carbocycles. The topological polar surface area (TPSA) is 29.9 Å². The molecule has 0 saturated heterocycles. The molecule has 0 aromatic carbocycles. The highest BCUT2D eigenvalue weighted by Gasteiger charge is 2.27. The Labute approximate surface area is 131 Å². The molecular formula is C16H28BrN3. The van der Waals surface area contributed by atoms with Crippen LogP contribution in [-0.2, 0) is 13.0 Å². The summed E-state index contributed by atoms with van der Waals surface area (Å²) in [6.07, 6.45) is 6.72.